The number of benzene rings is 5. The molecule has 0 saturated heterocycles. The van der Waals surface area contributed by atoms with Gasteiger partial charge in [0, 0.05) is 89.1 Å². The lowest BCUT2D eigenvalue weighted by molar-refractivity contribution is 0.0694. The van der Waals surface area contributed by atoms with Crippen molar-refractivity contribution in [3.05, 3.63) is 58.3 Å². The lowest BCUT2D eigenvalue weighted by Crippen LogP contribution is -2.24. The third-order valence-corrected chi connectivity index (χ3v) is 20.2. The fourth-order valence-electron chi connectivity index (χ4n) is 11.7. The number of fused-ring (bicyclic) bond motifs is 20. The number of hydrogen-bond acceptors (Lipinski definition) is 10. The van der Waals surface area contributed by atoms with Crippen molar-refractivity contribution in [3.8, 4) is 23.0 Å². The zero-order valence-corrected chi connectivity index (χ0v) is 49.2. The van der Waals surface area contributed by atoms with Gasteiger partial charge in [0.15, 0.2) is 23.0 Å². The molecule has 0 N–H and O–H groups in total. The van der Waals surface area contributed by atoms with Crippen LogP contribution >= 0.6 is 45.3 Å². The van der Waals surface area contributed by atoms with Crippen LogP contribution < -0.4 is 18.9 Å². The third kappa shape index (κ3) is 11.0. The Balaban J connectivity index is 1.15. The maximum atomic E-state index is 14.7. The Morgan fingerprint density at radius 1 is 0.355 bits per heavy atom. The van der Waals surface area contributed by atoms with E-state index in [9.17, 15) is 9.59 Å². The highest BCUT2D eigenvalue weighted by atomic mass is 32.1. The van der Waals surface area contributed by atoms with Gasteiger partial charge in [0.1, 0.15) is 0 Å². The van der Waals surface area contributed by atoms with Gasteiger partial charge in [-0.3, -0.25) is 14.5 Å². The van der Waals surface area contributed by atoms with Gasteiger partial charge in [0.25, 0.3) is 11.8 Å². The van der Waals surface area contributed by atoms with Crippen LogP contribution in [-0.4, -0.2) is 50.2 Å². The van der Waals surface area contributed by atoms with E-state index in [1.165, 1.54) is 117 Å². The molecule has 2 amide bonds. The summed E-state index contributed by atoms with van der Waals surface area (Å²) in [5, 5.41) is 15.6. The average Bonchev–Trinajstić information content (AvgIpc) is 4.29. The summed E-state index contributed by atoms with van der Waals surface area (Å²) in [6.45, 7) is 11.6. The second-order valence-electron chi connectivity index (χ2n) is 21.4. The molecule has 0 unspecified atom stereocenters. The van der Waals surface area contributed by atoms with Crippen molar-refractivity contribution in [1.82, 2.24) is 4.90 Å². The van der Waals surface area contributed by atoms with Gasteiger partial charge < -0.3 is 18.9 Å². The van der Waals surface area contributed by atoms with E-state index in [1.807, 2.05) is 0 Å². The predicted octanol–water partition coefficient (Wildman–Crippen LogP) is 21.3. The van der Waals surface area contributed by atoms with E-state index < -0.39 is 0 Å². The summed E-state index contributed by atoms with van der Waals surface area (Å²) in [5.41, 5.74) is 1.05. The van der Waals surface area contributed by atoms with Gasteiger partial charge in [0.2, 0.25) is 0 Å². The van der Waals surface area contributed by atoms with Gasteiger partial charge in [-0.15, -0.1) is 45.3 Å². The Hall–Kier alpha value is -4.68. The summed E-state index contributed by atoms with van der Waals surface area (Å²) in [4.78, 5) is 30.6. The maximum absolute atomic E-state index is 14.7. The molecule has 0 saturated carbocycles. The highest BCUT2D eigenvalue weighted by molar-refractivity contribution is 7.30. The maximum Gasteiger partial charge on any atom is 0.262 e. The van der Waals surface area contributed by atoms with E-state index in [-0.39, 0.29) is 11.8 Å². The number of hydrogen-bond donors (Lipinski definition) is 0. The van der Waals surface area contributed by atoms with E-state index in [2.05, 4.69) is 74.9 Å². The fourth-order valence-corrected chi connectivity index (χ4v) is 16.3. The second-order valence-corrected chi connectivity index (χ2v) is 25.3. The van der Waals surface area contributed by atoms with Crippen LogP contribution in [0.2, 0.25) is 0 Å². The minimum Gasteiger partial charge on any atom is -0.490 e. The Bertz CT molecular complexity index is 3260. The Morgan fingerprint density at radius 2 is 0.645 bits per heavy atom. The van der Waals surface area contributed by atoms with Crippen molar-refractivity contribution >= 4 is 139 Å². The van der Waals surface area contributed by atoms with Crippen LogP contribution in [-0.2, 0) is 0 Å². The molecular formula is C65H79NO6S4. The van der Waals surface area contributed by atoms with Crippen LogP contribution in [0.1, 0.15) is 203 Å². The molecule has 404 valence electrons. The van der Waals surface area contributed by atoms with Gasteiger partial charge in [-0.25, -0.2) is 0 Å². The number of ether oxygens (including phenoxy) is 4. The highest BCUT2D eigenvalue weighted by Gasteiger charge is 2.40. The lowest BCUT2D eigenvalue weighted by atomic mass is 9.94. The minimum absolute atomic E-state index is 0.238. The van der Waals surface area contributed by atoms with Gasteiger partial charge in [-0.1, -0.05) is 156 Å². The first-order valence-electron chi connectivity index (χ1n) is 29.4. The van der Waals surface area contributed by atoms with Crippen molar-refractivity contribution in [3.63, 3.8) is 0 Å². The highest BCUT2D eigenvalue weighted by Crippen LogP contribution is 2.57. The Kier molecular flexibility index (Phi) is 18.6. The monoisotopic (exact) mass is 1100 g/mol. The molecule has 0 radical (unpaired) electrons. The SMILES string of the molecule is CCCCCCCCOc1cc2c(cc1OCCCCCCCC)c1sc3c4c(c5sc6c7cc(OCCCCCCCC)c(OCCCCCCCC)cc7c7sccc7c6c5c3c1c1ccsc21)C(=O)N(C)C4=O. The molecule has 0 bridgehead atoms. The molecule has 7 nitrogen and oxygen atoms in total. The number of imide groups is 1. The molecular weight excluding hydrogens is 1020 g/mol. The van der Waals surface area contributed by atoms with Crippen LogP contribution in [0.3, 0.4) is 0 Å². The van der Waals surface area contributed by atoms with E-state index in [0.29, 0.717) is 37.6 Å². The molecule has 9 aromatic rings. The average molecular weight is 1100 g/mol. The zero-order valence-electron chi connectivity index (χ0n) is 45.9. The summed E-state index contributed by atoms with van der Waals surface area (Å²) in [6.07, 6.45) is 28.6. The first-order chi connectivity index (χ1) is 37.4. The van der Waals surface area contributed by atoms with Crippen LogP contribution in [0, 0.1) is 0 Å². The number of carbonyl (C=O) groups is 2. The van der Waals surface area contributed by atoms with E-state index in [1.54, 1.807) is 52.4 Å². The third-order valence-electron chi connectivity index (χ3n) is 15.8. The van der Waals surface area contributed by atoms with E-state index in [4.69, 9.17) is 18.9 Å². The van der Waals surface area contributed by atoms with Crippen LogP contribution in [0.15, 0.2) is 47.2 Å². The minimum atomic E-state index is -0.238. The Labute approximate surface area is 466 Å². The van der Waals surface area contributed by atoms with E-state index >= 15 is 0 Å². The summed E-state index contributed by atoms with van der Waals surface area (Å²) in [7, 11) is 1.64. The van der Waals surface area contributed by atoms with Crippen LogP contribution in [0.25, 0.3) is 82.1 Å². The van der Waals surface area contributed by atoms with Crippen molar-refractivity contribution in [2.24, 2.45) is 0 Å². The first-order valence-corrected chi connectivity index (χ1v) is 32.7. The van der Waals surface area contributed by atoms with Gasteiger partial charge >= 0.3 is 0 Å². The van der Waals surface area contributed by atoms with Crippen molar-refractivity contribution in [1.29, 1.82) is 0 Å². The first kappa shape index (κ1) is 54.7. The van der Waals surface area contributed by atoms with Gasteiger partial charge in [0.05, 0.1) is 37.6 Å². The number of unbranched alkanes of at least 4 members (excludes halogenated alkanes) is 20. The van der Waals surface area contributed by atoms with Crippen LogP contribution in [0.4, 0.5) is 0 Å². The molecule has 0 atom stereocenters. The zero-order chi connectivity index (χ0) is 52.5. The fraction of sp³-hybridized carbons (Fsp3) is 0.508. The molecule has 5 aromatic carbocycles. The normalized spacial score (nSPS) is 13.0. The molecule has 1 aliphatic rings. The van der Waals surface area contributed by atoms with Gasteiger partial charge in [-0.05, 0) is 72.8 Å². The number of nitrogens with zero attached hydrogens (tertiary/aromatic N) is 1. The molecule has 0 fully saturated rings. The topological polar surface area (TPSA) is 74.3 Å². The van der Waals surface area contributed by atoms with Gasteiger partial charge in [-0.2, -0.15) is 0 Å². The summed E-state index contributed by atoms with van der Waals surface area (Å²) >= 11 is 6.83. The van der Waals surface area contributed by atoms with Crippen molar-refractivity contribution < 1.29 is 28.5 Å². The standard InChI is InChI=1S/C65H79NO6S4/c1-6-10-14-18-22-26-32-69-48-38-44-46(40-50(48)71-34-28-24-20-16-12-8-3)60-52(42-30-36-73-58(42)44)54-55-53-43-31-37-74-59(43)45-39-49(70-33-27-23-19-15-11-7-2)51(72-35-29-25-21-17-13-9-4)41-47(45)61(53)76-63(55)57-56(62(54)75-60)64(67)66(5)65(57)68/h30-31,36-41H,6-29,32-35H2,1-5H3. The summed E-state index contributed by atoms with van der Waals surface area (Å²) in [5.74, 6) is 2.68. The molecule has 0 spiro atoms. The molecule has 10 rings (SSSR count). The number of thiophene rings is 4. The molecule has 0 aliphatic carbocycles. The largest absolute Gasteiger partial charge is 0.490 e. The molecule has 76 heavy (non-hydrogen) atoms. The Morgan fingerprint density at radius 3 is 0.961 bits per heavy atom. The molecule has 1 aliphatic heterocycles. The molecule has 11 heteroatoms. The number of rotatable bonds is 32. The van der Waals surface area contributed by atoms with E-state index in [0.717, 1.165) is 147 Å². The van der Waals surface area contributed by atoms with Crippen molar-refractivity contribution in [2.75, 3.05) is 33.5 Å². The molecule has 4 aromatic heterocycles. The predicted molar refractivity (Wildman–Crippen MR) is 330 cm³/mol. The van der Waals surface area contributed by atoms with Crippen LogP contribution in [0.5, 0.6) is 23.0 Å². The lowest BCUT2D eigenvalue weighted by Gasteiger charge is -2.16. The molecule has 5 heterocycles. The quantitative estimate of drug-likeness (QED) is 0.0309. The number of amides is 2. The number of carbonyl (C=O) groups excluding carboxylic acids is 2. The van der Waals surface area contributed by atoms with Crippen molar-refractivity contribution in [2.45, 2.75) is 182 Å². The summed E-state index contributed by atoms with van der Waals surface area (Å²) < 4.78 is 33.3. The smallest absolute Gasteiger partial charge is 0.262 e. The second kappa shape index (κ2) is 25.9. The summed E-state index contributed by atoms with van der Waals surface area (Å²) in [6, 6.07) is 13.4.